The van der Waals surface area contributed by atoms with Gasteiger partial charge in [-0.25, -0.2) is 13.9 Å². The molecule has 2 atom stereocenters. The summed E-state index contributed by atoms with van der Waals surface area (Å²) in [6, 6.07) is 7.38. The van der Waals surface area contributed by atoms with Crippen LogP contribution in [0.5, 0.6) is 5.75 Å². The number of hydrogen-bond donors (Lipinski definition) is 1. The molecule has 0 unspecified atom stereocenters. The molecule has 1 saturated heterocycles. The van der Waals surface area contributed by atoms with Gasteiger partial charge in [0.2, 0.25) is 5.91 Å². The lowest BCUT2D eigenvalue weighted by Gasteiger charge is -2.27. The lowest BCUT2D eigenvalue weighted by Crippen LogP contribution is -2.37. The summed E-state index contributed by atoms with van der Waals surface area (Å²) in [6.07, 6.45) is 6.21. The Morgan fingerprint density at radius 3 is 2.82 bits per heavy atom. The number of H-pyrrole nitrogens is 2. The molecule has 38 heavy (non-hydrogen) atoms. The van der Waals surface area contributed by atoms with Gasteiger partial charge >= 0.3 is 6.01 Å². The number of anilines is 1. The van der Waals surface area contributed by atoms with E-state index in [4.69, 9.17) is 9.26 Å². The van der Waals surface area contributed by atoms with E-state index in [2.05, 4.69) is 39.1 Å². The normalized spacial score (nSPS) is 19.7. The van der Waals surface area contributed by atoms with Crippen molar-refractivity contribution < 1.29 is 23.4 Å². The van der Waals surface area contributed by atoms with E-state index in [-0.39, 0.29) is 12.3 Å². The van der Waals surface area contributed by atoms with Crippen LogP contribution in [0.3, 0.4) is 0 Å². The van der Waals surface area contributed by atoms with E-state index < -0.39 is 5.82 Å². The van der Waals surface area contributed by atoms with Gasteiger partial charge in [0.05, 0.1) is 43.5 Å². The molecule has 2 aromatic heterocycles. The lowest BCUT2D eigenvalue weighted by atomic mass is 9.90. The number of amides is 1. The van der Waals surface area contributed by atoms with Gasteiger partial charge in [-0.1, -0.05) is 19.9 Å². The third-order valence-electron chi connectivity index (χ3n) is 7.94. The number of piperidine rings is 1. The number of aromatic nitrogens is 4. The number of carbonyl (C=O) groups excluding carboxylic acids is 1. The third kappa shape index (κ3) is 6.34. The minimum atomic E-state index is -0.411. The highest BCUT2D eigenvalue weighted by molar-refractivity contribution is 5.78. The minimum absolute atomic E-state index is 0.00662. The van der Waals surface area contributed by atoms with Crippen molar-refractivity contribution in [3.05, 3.63) is 53.4 Å². The van der Waals surface area contributed by atoms with Crippen molar-refractivity contribution in [1.29, 1.82) is 0 Å². The van der Waals surface area contributed by atoms with Crippen LogP contribution in [0, 0.1) is 23.6 Å². The Balaban J connectivity index is 1.01. The molecule has 9 nitrogen and oxygen atoms in total. The largest absolute Gasteiger partial charge is 0.493 e. The van der Waals surface area contributed by atoms with Crippen LogP contribution in [0.2, 0.25) is 0 Å². The van der Waals surface area contributed by atoms with E-state index in [1.165, 1.54) is 12.5 Å². The van der Waals surface area contributed by atoms with Crippen LogP contribution in [0.4, 0.5) is 10.4 Å². The molecule has 0 bridgehead atoms. The molecule has 1 aliphatic carbocycles. The molecule has 1 aliphatic heterocycles. The van der Waals surface area contributed by atoms with E-state index in [1.807, 2.05) is 6.07 Å². The van der Waals surface area contributed by atoms with Crippen LogP contribution >= 0.6 is 0 Å². The van der Waals surface area contributed by atoms with E-state index in [9.17, 15) is 9.18 Å². The van der Waals surface area contributed by atoms with Crippen LogP contribution in [0.1, 0.15) is 62.5 Å². The second-order valence-electron chi connectivity index (χ2n) is 11.0. The highest BCUT2D eigenvalue weighted by atomic mass is 19.1. The topological polar surface area (TPSA) is 102 Å². The van der Waals surface area contributed by atoms with Gasteiger partial charge in [-0.15, -0.1) is 0 Å². The number of nitrogens with one attached hydrogen (secondary N) is 2. The first-order chi connectivity index (χ1) is 18.4. The fourth-order valence-corrected chi connectivity index (χ4v) is 5.45. The molecule has 2 fully saturated rings. The Morgan fingerprint density at radius 2 is 2.13 bits per heavy atom. The van der Waals surface area contributed by atoms with Crippen molar-refractivity contribution in [1.82, 2.24) is 20.3 Å². The van der Waals surface area contributed by atoms with E-state index >= 15 is 0 Å². The van der Waals surface area contributed by atoms with E-state index in [0.29, 0.717) is 36.3 Å². The number of hydrogen-bond acceptors (Lipinski definition) is 6. The maximum Gasteiger partial charge on any atom is 0.435 e. The average Bonchev–Trinajstić information content (AvgIpc) is 3.26. The zero-order chi connectivity index (χ0) is 26.6. The standard InChI is InChI=1S/C28H37FN6O3/c1-18(2)27-31-28(38-33-27)35-11-7-19(8-12-35)24-14-20(24)9-13-37-23-5-4-21(25(29)16-23)15-26(36)34(3)17-22-6-10-30-32-22/h4-6,10,16,18-20,24H,7-9,11-15,17H2,1-3H3,(H,30,32)/p+1/t20-,24-/m1/s1. The highest BCUT2D eigenvalue weighted by Crippen LogP contribution is 2.49. The smallest absolute Gasteiger partial charge is 0.435 e. The van der Waals surface area contributed by atoms with E-state index in [1.54, 1.807) is 30.3 Å². The molecular formula is C28H38FN6O3+. The monoisotopic (exact) mass is 525 g/mol. The lowest BCUT2D eigenvalue weighted by molar-refractivity contribution is -0.383. The van der Waals surface area contributed by atoms with Gasteiger partial charge in [0.25, 0.3) is 5.82 Å². The molecule has 1 amide bonds. The molecule has 3 aromatic rings. The van der Waals surface area contributed by atoms with Crippen LogP contribution in [0.25, 0.3) is 0 Å². The van der Waals surface area contributed by atoms with Crippen LogP contribution in [-0.2, 0) is 17.8 Å². The quantitative estimate of drug-likeness (QED) is 0.406. The number of nitrogens with zero attached hydrogens (tertiary/aromatic N) is 4. The highest BCUT2D eigenvalue weighted by Gasteiger charge is 2.44. The summed E-state index contributed by atoms with van der Waals surface area (Å²) in [6.45, 7) is 7.15. The maximum absolute atomic E-state index is 14.7. The molecule has 2 N–H and O–H groups in total. The van der Waals surface area contributed by atoms with Gasteiger partial charge in [-0.2, -0.15) is 5.10 Å². The van der Waals surface area contributed by atoms with Crippen molar-refractivity contribution in [2.45, 2.75) is 58.4 Å². The van der Waals surface area contributed by atoms with Crippen molar-refractivity contribution in [3.63, 3.8) is 0 Å². The second kappa shape index (κ2) is 11.5. The number of carbonyl (C=O) groups is 1. The molecule has 1 aromatic carbocycles. The van der Waals surface area contributed by atoms with Crippen molar-refractivity contribution in [2.75, 3.05) is 31.6 Å². The summed E-state index contributed by atoms with van der Waals surface area (Å²) < 4.78 is 26.0. The number of halogens is 1. The van der Waals surface area contributed by atoms with Gasteiger partial charge < -0.3 is 9.64 Å². The van der Waals surface area contributed by atoms with Crippen LogP contribution < -0.4 is 14.6 Å². The zero-order valence-corrected chi connectivity index (χ0v) is 22.5. The van der Waals surface area contributed by atoms with Crippen molar-refractivity contribution in [2.24, 2.45) is 17.8 Å². The average molecular weight is 526 g/mol. The molecule has 2 aliphatic rings. The minimum Gasteiger partial charge on any atom is -0.493 e. The maximum atomic E-state index is 14.7. The number of aromatic amines is 2. The first-order valence-electron chi connectivity index (χ1n) is 13.6. The number of benzene rings is 1. The molecule has 5 rings (SSSR count). The molecular weight excluding hydrogens is 487 g/mol. The van der Waals surface area contributed by atoms with Gasteiger partial charge in [0, 0.05) is 25.2 Å². The van der Waals surface area contributed by atoms with Gasteiger partial charge in [-0.05, 0) is 61.1 Å². The molecule has 204 valence electrons. The Labute approximate surface area is 222 Å². The zero-order valence-electron chi connectivity index (χ0n) is 22.5. The summed E-state index contributed by atoms with van der Waals surface area (Å²) in [7, 11) is 1.70. The number of ether oxygens (including phenoxy) is 1. The Bertz CT molecular complexity index is 1210. The Hall–Kier alpha value is -3.43. The summed E-state index contributed by atoms with van der Waals surface area (Å²) in [4.78, 5) is 19.6. The van der Waals surface area contributed by atoms with Crippen molar-refractivity contribution >= 4 is 11.9 Å². The predicted molar refractivity (Wildman–Crippen MR) is 139 cm³/mol. The molecule has 0 radical (unpaired) electrons. The Morgan fingerprint density at radius 1 is 1.32 bits per heavy atom. The number of rotatable bonds is 11. The summed E-state index contributed by atoms with van der Waals surface area (Å²) >= 11 is 0. The fourth-order valence-electron chi connectivity index (χ4n) is 5.45. The van der Waals surface area contributed by atoms with Gasteiger partial charge in [0.1, 0.15) is 11.6 Å². The first kappa shape index (κ1) is 26.2. The molecule has 0 spiro atoms. The molecule has 1 saturated carbocycles. The van der Waals surface area contributed by atoms with Crippen molar-refractivity contribution in [3.8, 4) is 5.75 Å². The third-order valence-corrected chi connectivity index (χ3v) is 7.94. The summed E-state index contributed by atoms with van der Waals surface area (Å²) in [5.74, 6) is 3.34. The summed E-state index contributed by atoms with van der Waals surface area (Å²) in [5, 5.41) is 10.9. The molecule has 10 heteroatoms. The predicted octanol–water partition coefficient (Wildman–Crippen LogP) is 4.00. The second-order valence-corrected chi connectivity index (χ2v) is 11.0. The SMILES string of the molecule is CC(C)c1noc(N2CCC([C@H]3C[C@H]3CCOc3ccc(CC(=O)N(C)Cc4ccn[nH]4)c(F)c3)CC2)[nH+]1. The van der Waals surface area contributed by atoms with Gasteiger partial charge in [0.15, 0.2) is 0 Å². The fraction of sp³-hybridized carbons (Fsp3) is 0.571. The Kier molecular flexibility index (Phi) is 7.95. The van der Waals surface area contributed by atoms with E-state index in [0.717, 1.165) is 61.7 Å². The number of likely N-dealkylation sites (N-methyl/N-ethyl adjacent to an activating group) is 1. The van der Waals surface area contributed by atoms with Crippen LogP contribution in [0.15, 0.2) is 35.0 Å². The first-order valence-corrected chi connectivity index (χ1v) is 13.6. The summed E-state index contributed by atoms with van der Waals surface area (Å²) in [5.41, 5.74) is 1.20. The van der Waals surface area contributed by atoms with Gasteiger partial charge in [-0.3, -0.25) is 14.8 Å². The van der Waals surface area contributed by atoms with Crippen LogP contribution in [-0.4, -0.2) is 52.9 Å². The molecule has 3 heterocycles.